The molecular weight excluding hydrogens is 438 g/mol. The van der Waals surface area contributed by atoms with Crippen LogP contribution in [0.3, 0.4) is 0 Å². The molecule has 32 heavy (non-hydrogen) atoms. The zero-order chi connectivity index (χ0) is 23.5. The van der Waals surface area contributed by atoms with E-state index in [4.69, 9.17) is 13.9 Å². The van der Waals surface area contributed by atoms with Crippen molar-refractivity contribution in [3.8, 4) is 11.5 Å². The van der Waals surface area contributed by atoms with Crippen LogP contribution in [0, 0.1) is 6.92 Å². The minimum atomic E-state index is -3.73. The third-order valence-electron chi connectivity index (χ3n) is 4.86. The van der Waals surface area contributed by atoms with E-state index >= 15 is 0 Å². The van der Waals surface area contributed by atoms with Crippen LogP contribution in [-0.4, -0.2) is 50.8 Å². The molecule has 0 spiro atoms. The summed E-state index contributed by atoms with van der Waals surface area (Å²) in [5, 5.41) is 0. The minimum Gasteiger partial charge on any atom is -0.493 e. The number of nitrogens with zero attached hydrogens (tertiary/aromatic N) is 1. The number of hydrogen-bond acceptors (Lipinski definition) is 7. The van der Waals surface area contributed by atoms with Crippen molar-refractivity contribution in [2.75, 3.05) is 20.2 Å². The lowest BCUT2D eigenvalue weighted by atomic mass is 10.2. The normalized spacial score (nSPS) is 14.4. The van der Waals surface area contributed by atoms with Crippen LogP contribution < -0.4 is 20.3 Å². The molecule has 2 amide bonds. The van der Waals surface area contributed by atoms with Gasteiger partial charge in [-0.25, -0.2) is 8.42 Å². The summed E-state index contributed by atoms with van der Waals surface area (Å²) in [5.41, 5.74) is 4.73. The van der Waals surface area contributed by atoms with E-state index < -0.39 is 21.8 Å². The van der Waals surface area contributed by atoms with E-state index in [1.807, 2.05) is 13.8 Å². The molecule has 10 nitrogen and oxygen atoms in total. The zero-order valence-corrected chi connectivity index (χ0v) is 19.2. The van der Waals surface area contributed by atoms with Gasteiger partial charge < -0.3 is 13.9 Å². The van der Waals surface area contributed by atoms with E-state index in [0.29, 0.717) is 24.6 Å². The number of rotatable bonds is 7. The lowest BCUT2D eigenvalue weighted by molar-refractivity contribution is 0.0830. The SMILES string of the molecule is COc1cc(C(=O)NNC(=O)c2cc(S(=O)(=O)N3CCCC3)c(C)o2)ccc1OC(C)C. The van der Waals surface area contributed by atoms with E-state index in [2.05, 4.69) is 10.9 Å². The number of benzene rings is 1. The van der Waals surface area contributed by atoms with Crippen molar-refractivity contribution in [3.05, 3.63) is 41.3 Å². The van der Waals surface area contributed by atoms with Gasteiger partial charge in [0.2, 0.25) is 10.0 Å². The van der Waals surface area contributed by atoms with Gasteiger partial charge in [0.25, 0.3) is 5.91 Å². The monoisotopic (exact) mass is 465 g/mol. The van der Waals surface area contributed by atoms with E-state index in [1.54, 1.807) is 6.07 Å². The van der Waals surface area contributed by atoms with Crippen LogP contribution in [0.1, 0.15) is 53.4 Å². The van der Waals surface area contributed by atoms with Crippen molar-refractivity contribution >= 4 is 21.8 Å². The van der Waals surface area contributed by atoms with Crippen LogP contribution >= 0.6 is 0 Å². The molecule has 2 aromatic rings. The average molecular weight is 466 g/mol. The molecule has 1 fully saturated rings. The second-order valence-corrected chi connectivity index (χ2v) is 9.49. The first-order valence-electron chi connectivity index (χ1n) is 10.2. The van der Waals surface area contributed by atoms with Crippen molar-refractivity contribution in [3.63, 3.8) is 0 Å². The van der Waals surface area contributed by atoms with Gasteiger partial charge in [0, 0.05) is 24.7 Å². The fourth-order valence-electron chi connectivity index (χ4n) is 3.31. The van der Waals surface area contributed by atoms with Crippen molar-refractivity contribution in [1.29, 1.82) is 0 Å². The first kappa shape index (κ1) is 23.6. The quantitative estimate of drug-likeness (QED) is 0.600. The Morgan fingerprint density at radius 2 is 1.72 bits per heavy atom. The van der Waals surface area contributed by atoms with Crippen molar-refractivity contribution in [2.24, 2.45) is 0 Å². The van der Waals surface area contributed by atoms with Crippen molar-refractivity contribution in [1.82, 2.24) is 15.2 Å². The molecular formula is C21H27N3O7S. The van der Waals surface area contributed by atoms with E-state index in [9.17, 15) is 18.0 Å². The van der Waals surface area contributed by atoms with Crippen LogP contribution in [0.5, 0.6) is 11.5 Å². The highest BCUT2D eigenvalue weighted by Gasteiger charge is 2.31. The molecule has 3 rings (SSSR count). The summed E-state index contributed by atoms with van der Waals surface area (Å²) in [6, 6.07) is 5.78. The molecule has 174 valence electrons. The van der Waals surface area contributed by atoms with Crippen LogP contribution in [-0.2, 0) is 10.0 Å². The van der Waals surface area contributed by atoms with Gasteiger partial charge in [0.15, 0.2) is 17.3 Å². The van der Waals surface area contributed by atoms with Gasteiger partial charge in [-0.2, -0.15) is 4.31 Å². The lowest BCUT2D eigenvalue weighted by Crippen LogP contribution is -2.41. The van der Waals surface area contributed by atoms with Gasteiger partial charge in [-0.1, -0.05) is 0 Å². The number of furan rings is 1. The molecule has 2 N–H and O–H groups in total. The summed E-state index contributed by atoms with van der Waals surface area (Å²) >= 11 is 0. The molecule has 1 aliphatic rings. The van der Waals surface area contributed by atoms with Gasteiger partial charge in [-0.15, -0.1) is 0 Å². The number of ether oxygens (including phenoxy) is 2. The molecule has 1 aromatic heterocycles. The van der Waals surface area contributed by atoms with Gasteiger partial charge >= 0.3 is 5.91 Å². The first-order chi connectivity index (χ1) is 15.1. The Bertz CT molecular complexity index is 1100. The summed E-state index contributed by atoms with van der Waals surface area (Å²) in [4.78, 5) is 24.8. The van der Waals surface area contributed by atoms with Gasteiger partial charge in [-0.05, 0) is 51.8 Å². The van der Waals surface area contributed by atoms with E-state index in [0.717, 1.165) is 12.8 Å². The number of methoxy groups -OCH3 is 1. The standard InChI is InChI=1S/C21H27N3O7S/c1-13(2)30-16-8-7-15(11-17(16)29-4)20(25)22-23-21(26)18-12-19(14(3)31-18)32(27,28)24-9-5-6-10-24/h7-8,11-13H,5-6,9-10H2,1-4H3,(H,22,25)(H,23,26). The number of nitrogens with one attached hydrogen (secondary N) is 2. The first-order valence-corrected chi connectivity index (χ1v) is 11.6. The number of hydrazine groups is 1. The van der Waals surface area contributed by atoms with E-state index in [1.165, 1.54) is 36.5 Å². The average Bonchev–Trinajstić information content (AvgIpc) is 3.42. The molecule has 11 heteroatoms. The molecule has 0 radical (unpaired) electrons. The molecule has 0 unspecified atom stereocenters. The maximum Gasteiger partial charge on any atom is 0.305 e. The predicted octanol–water partition coefficient (Wildman–Crippen LogP) is 2.24. The van der Waals surface area contributed by atoms with E-state index in [-0.39, 0.29) is 28.1 Å². The van der Waals surface area contributed by atoms with Gasteiger partial charge in [-0.3, -0.25) is 20.4 Å². The predicted molar refractivity (Wildman–Crippen MR) is 115 cm³/mol. The number of hydrogen-bond donors (Lipinski definition) is 2. The van der Waals surface area contributed by atoms with Gasteiger partial charge in [0.1, 0.15) is 10.7 Å². The Balaban J connectivity index is 1.68. The number of amides is 2. The number of aryl methyl sites for hydroxylation is 1. The molecule has 0 aliphatic carbocycles. The van der Waals surface area contributed by atoms with Crippen LogP contribution in [0.15, 0.2) is 33.6 Å². The summed E-state index contributed by atoms with van der Waals surface area (Å²) in [6.45, 7) is 6.09. The van der Waals surface area contributed by atoms with Crippen LogP contribution in [0.2, 0.25) is 0 Å². The second kappa shape index (κ2) is 9.61. The van der Waals surface area contributed by atoms with Crippen LogP contribution in [0.4, 0.5) is 0 Å². The highest BCUT2D eigenvalue weighted by atomic mass is 32.2. The Kier molecular flexibility index (Phi) is 7.09. The smallest absolute Gasteiger partial charge is 0.305 e. The third kappa shape index (κ3) is 5.05. The molecule has 2 heterocycles. The zero-order valence-electron chi connectivity index (χ0n) is 18.4. The number of carbonyl (C=O) groups excluding carboxylic acids is 2. The summed E-state index contributed by atoms with van der Waals surface area (Å²) in [5.74, 6) is -0.633. The topological polar surface area (TPSA) is 127 Å². The largest absolute Gasteiger partial charge is 0.493 e. The maximum absolute atomic E-state index is 12.7. The Labute approximate surface area is 186 Å². The fourth-order valence-corrected chi connectivity index (χ4v) is 4.99. The molecule has 1 aromatic carbocycles. The van der Waals surface area contributed by atoms with Crippen LogP contribution in [0.25, 0.3) is 0 Å². The molecule has 0 atom stereocenters. The summed E-state index contributed by atoms with van der Waals surface area (Å²) in [7, 11) is -2.27. The highest BCUT2D eigenvalue weighted by Crippen LogP contribution is 2.29. The number of sulfonamides is 1. The molecule has 0 saturated carbocycles. The molecule has 1 saturated heterocycles. The van der Waals surface area contributed by atoms with Crippen molar-refractivity contribution in [2.45, 2.75) is 44.6 Å². The van der Waals surface area contributed by atoms with Gasteiger partial charge in [0.05, 0.1) is 13.2 Å². The maximum atomic E-state index is 12.7. The molecule has 0 bridgehead atoms. The fraction of sp³-hybridized carbons (Fsp3) is 0.429. The third-order valence-corrected chi connectivity index (χ3v) is 6.86. The minimum absolute atomic E-state index is 0.0543. The Morgan fingerprint density at radius 3 is 2.34 bits per heavy atom. The highest BCUT2D eigenvalue weighted by molar-refractivity contribution is 7.89. The lowest BCUT2D eigenvalue weighted by Gasteiger charge is -2.14. The summed E-state index contributed by atoms with van der Waals surface area (Å²) < 4.78 is 43.1. The second-order valence-electron chi connectivity index (χ2n) is 7.58. The Hall–Kier alpha value is -3.05. The molecule has 1 aliphatic heterocycles. The number of carbonyl (C=O) groups is 2. The van der Waals surface area contributed by atoms with Crippen molar-refractivity contribution < 1.29 is 31.9 Å². The summed E-state index contributed by atoms with van der Waals surface area (Å²) in [6.07, 6.45) is 1.52. The Morgan fingerprint density at radius 1 is 1.06 bits per heavy atom.